The number of piperazine rings is 1. The van der Waals surface area contributed by atoms with Crippen LogP contribution in [0.5, 0.6) is 0 Å². The van der Waals surface area contributed by atoms with E-state index < -0.39 is 0 Å². The zero-order valence-corrected chi connectivity index (χ0v) is 15.3. The summed E-state index contributed by atoms with van der Waals surface area (Å²) in [5.74, 6) is -0.531. The Kier molecular flexibility index (Phi) is 4.70. The molecule has 1 aromatic heterocycles. The molecule has 1 fully saturated rings. The van der Waals surface area contributed by atoms with Crippen molar-refractivity contribution in [3.05, 3.63) is 53.9 Å². The van der Waals surface area contributed by atoms with Gasteiger partial charge in [0.1, 0.15) is 12.4 Å². The van der Waals surface area contributed by atoms with Crippen LogP contribution in [-0.4, -0.2) is 30.0 Å². The summed E-state index contributed by atoms with van der Waals surface area (Å²) >= 11 is 0. The van der Waals surface area contributed by atoms with Crippen LogP contribution in [0.2, 0.25) is 0 Å². The van der Waals surface area contributed by atoms with Gasteiger partial charge in [0, 0.05) is 29.2 Å². The Bertz CT molecular complexity index is 922. The van der Waals surface area contributed by atoms with Crippen molar-refractivity contribution in [1.29, 1.82) is 0 Å². The molecule has 2 aromatic rings. The van der Waals surface area contributed by atoms with Crippen LogP contribution in [0.25, 0.3) is 17.0 Å². The van der Waals surface area contributed by atoms with Crippen LogP contribution in [0.15, 0.2) is 42.6 Å². The number of para-hydroxylation sites is 1. The Labute approximate surface area is 152 Å². The molecular formula is C20H23N3O3. The normalized spacial score (nSPS) is 16.7. The molecule has 6 heteroatoms. The molecule has 0 spiro atoms. The van der Waals surface area contributed by atoms with Gasteiger partial charge in [-0.3, -0.25) is 9.59 Å². The molecule has 2 heterocycles. The first-order chi connectivity index (χ1) is 12.4. The topological polar surface area (TPSA) is 72.4 Å². The van der Waals surface area contributed by atoms with Gasteiger partial charge in [-0.2, -0.15) is 0 Å². The molecular weight excluding hydrogens is 330 g/mol. The quantitative estimate of drug-likeness (QED) is 0.640. The number of benzene rings is 1. The summed E-state index contributed by atoms with van der Waals surface area (Å²) in [5.41, 5.74) is 2.70. The van der Waals surface area contributed by atoms with Crippen molar-refractivity contribution < 1.29 is 14.3 Å². The summed E-state index contributed by atoms with van der Waals surface area (Å²) in [6.07, 6.45) is 3.61. The predicted molar refractivity (Wildman–Crippen MR) is 101 cm³/mol. The minimum absolute atomic E-state index is 0.00733. The molecule has 0 aliphatic carbocycles. The first kappa shape index (κ1) is 17.9. The summed E-state index contributed by atoms with van der Waals surface area (Å²) in [5, 5.41) is 6.23. The number of amides is 2. The molecule has 0 radical (unpaired) electrons. The summed E-state index contributed by atoms with van der Waals surface area (Å²) in [7, 11) is 1.65. The number of hydrogen-bond donors (Lipinski definition) is 2. The number of carbonyl (C=O) groups is 2. The molecule has 6 nitrogen and oxygen atoms in total. The van der Waals surface area contributed by atoms with Crippen LogP contribution in [0.3, 0.4) is 0 Å². The number of allylic oxidation sites excluding steroid dienone is 1. The van der Waals surface area contributed by atoms with E-state index in [4.69, 9.17) is 4.74 Å². The number of carbonyl (C=O) groups excluding carboxylic acids is 2. The van der Waals surface area contributed by atoms with E-state index in [0.717, 1.165) is 22.2 Å². The van der Waals surface area contributed by atoms with E-state index >= 15 is 0 Å². The van der Waals surface area contributed by atoms with Crippen molar-refractivity contribution in [2.45, 2.75) is 26.0 Å². The number of nitrogens with zero attached hydrogens (tertiary/aromatic N) is 1. The third-order valence-corrected chi connectivity index (χ3v) is 4.61. The average Bonchev–Trinajstić information content (AvgIpc) is 2.93. The van der Waals surface area contributed by atoms with Gasteiger partial charge in [0.2, 0.25) is 5.91 Å². The van der Waals surface area contributed by atoms with Gasteiger partial charge in [0.25, 0.3) is 5.91 Å². The Morgan fingerprint density at radius 1 is 1.31 bits per heavy atom. The lowest BCUT2D eigenvalue weighted by atomic mass is 9.86. The molecule has 1 saturated heterocycles. The third-order valence-electron chi connectivity index (χ3n) is 4.61. The van der Waals surface area contributed by atoms with Gasteiger partial charge in [-0.05, 0) is 12.1 Å². The van der Waals surface area contributed by atoms with Gasteiger partial charge in [0.15, 0.2) is 0 Å². The van der Waals surface area contributed by atoms with Crippen molar-refractivity contribution in [2.24, 2.45) is 0 Å². The lowest BCUT2D eigenvalue weighted by Crippen LogP contribution is -2.47. The van der Waals surface area contributed by atoms with Crippen LogP contribution in [-0.2, 0) is 26.5 Å². The molecule has 0 saturated carbocycles. The lowest BCUT2D eigenvalue weighted by Gasteiger charge is -2.25. The SMILES string of the molecule is C=CC(C)(C)c1c(/C=C2\NC(=O)CNC2=O)c2ccccc2n1COC. The number of fused-ring (bicyclic) bond motifs is 1. The smallest absolute Gasteiger partial charge is 0.268 e. The highest BCUT2D eigenvalue weighted by Crippen LogP contribution is 2.36. The number of ether oxygens (including phenoxy) is 1. The number of hydrogen-bond acceptors (Lipinski definition) is 3. The fourth-order valence-electron chi connectivity index (χ4n) is 3.28. The van der Waals surface area contributed by atoms with Crippen LogP contribution < -0.4 is 10.6 Å². The van der Waals surface area contributed by atoms with Crippen molar-refractivity contribution >= 4 is 28.8 Å². The fourth-order valence-corrected chi connectivity index (χ4v) is 3.28. The molecule has 136 valence electrons. The maximum atomic E-state index is 12.2. The van der Waals surface area contributed by atoms with Crippen molar-refractivity contribution in [3.8, 4) is 0 Å². The Morgan fingerprint density at radius 3 is 2.73 bits per heavy atom. The Balaban J connectivity index is 2.33. The summed E-state index contributed by atoms with van der Waals surface area (Å²) < 4.78 is 7.49. The van der Waals surface area contributed by atoms with Crippen LogP contribution in [0.4, 0.5) is 0 Å². The zero-order valence-electron chi connectivity index (χ0n) is 15.3. The van der Waals surface area contributed by atoms with E-state index in [9.17, 15) is 9.59 Å². The third kappa shape index (κ3) is 3.04. The van der Waals surface area contributed by atoms with Crippen molar-refractivity contribution in [3.63, 3.8) is 0 Å². The van der Waals surface area contributed by atoms with Crippen LogP contribution in [0, 0.1) is 0 Å². The van der Waals surface area contributed by atoms with Gasteiger partial charge in [0.05, 0.1) is 12.1 Å². The number of aromatic nitrogens is 1. The standard InChI is InChI=1S/C20H23N3O3/c1-5-20(2,3)18-14(10-15-19(25)21-11-17(24)22-15)13-8-6-7-9-16(13)23(18)12-26-4/h5-10H,1,11-12H2,2-4H3,(H,21,25)(H,22,24)/b15-10-. The predicted octanol–water partition coefficient (Wildman–Crippen LogP) is 2.30. The molecule has 0 bridgehead atoms. The summed E-state index contributed by atoms with van der Waals surface area (Å²) in [6, 6.07) is 7.93. The first-order valence-corrected chi connectivity index (χ1v) is 8.43. The van der Waals surface area contributed by atoms with E-state index in [1.807, 2.05) is 30.3 Å². The van der Waals surface area contributed by atoms with E-state index in [2.05, 4.69) is 35.6 Å². The zero-order chi connectivity index (χ0) is 18.9. The van der Waals surface area contributed by atoms with Crippen LogP contribution in [0.1, 0.15) is 25.1 Å². The van der Waals surface area contributed by atoms with Gasteiger partial charge in [-0.15, -0.1) is 6.58 Å². The van der Waals surface area contributed by atoms with Gasteiger partial charge < -0.3 is 19.9 Å². The highest BCUT2D eigenvalue weighted by Gasteiger charge is 2.29. The molecule has 26 heavy (non-hydrogen) atoms. The number of methoxy groups -OCH3 is 1. The van der Waals surface area contributed by atoms with Gasteiger partial charge >= 0.3 is 0 Å². The van der Waals surface area contributed by atoms with E-state index in [1.54, 1.807) is 13.2 Å². The molecule has 1 aliphatic rings. The molecule has 2 amide bonds. The first-order valence-electron chi connectivity index (χ1n) is 8.43. The molecule has 1 aliphatic heterocycles. The van der Waals surface area contributed by atoms with Crippen molar-refractivity contribution in [1.82, 2.24) is 15.2 Å². The summed E-state index contributed by atoms with van der Waals surface area (Å²) in [4.78, 5) is 23.9. The van der Waals surface area contributed by atoms with Crippen LogP contribution >= 0.6 is 0 Å². The van der Waals surface area contributed by atoms with Gasteiger partial charge in [-0.1, -0.05) is 38.1 Å². The highest BCUT2D eigenvalue weighted by atomic mass is 16.5. The average molecular weight is 353 g/mol. The molecule has 0 atom stereocenters. The molecule has 3 rings (SSSR count). The maximum Gasteiger partial charge on any atom is 0.268 e. The minimum atomic E-state index is -0.376. The highest BCUT2D eigenvalue weighted by molar-refractivity contribution is 6.07. The van der Waals surface area contributed by atoms with E-state index in [0.29, 0.717) is 6.73 Å². The molecule has 2 N–H and O–H groups in total. The van der Waals surface area contributed by atoms with Gasteiger partial charge in [-0.25, -0.2) is 0 Å². The Hall–Kier alpha value is -2.86. The second-order valence-corrected chi connectivity index (χ2v) is 6.84. The minimum Gasteiger partial charge on any atom is -0.364 e. The second kappa shape index (κ2) is 6.80. The van der Waals surface area contributed by atoms with E-state index in [1.165, 1.54) is 0 Å². The number of nitrogens with one attached hydrogen (secondary N) is 2. The largest absolute Gasteiger partial charge is 0.364 e. The molecule has 0 unspecified atom stereocenters. The summed E-state index contributed by atoms with van der Waals surface area (Å²) in [6.45, 7) is 8.45. The molecule has 1 aromatic carbocycles. The maximum absolute atomic E-state index is 12.2. The Morgan fingerprint density at radius 2 is 2.04 bits per heavy atom. The number of rotatable bonds is 5. The lowest BCUT2D eigenvalue weighted by molar-refractivity contribution is -0.127. The van der Waals surface area contributed by atoms with E-state index in [-0.39, 0.29) is 29.5 Å². The fraction of sp³-hybridized carbons (Fsp3) is 0.300. The monoisotopic (exact) mass is 353 g/mol. The van der Waals surface area contributed by atoms with Crippen molar-refractivity contribution in [2.75, 3.05) is 13.7 Å². The second-order valence-electron chi connectivity index (χ2n) is 6.84.